The van der Waals surface area contributed by atoms with Gasteiger partial charge in [0.15, 0.2) is 0 Å². The van der Waals surface area contributed by atoms with E-state index < -0.39 is 0 Å². The first-order chi connectivity index (χ1) is 11.7. The molecule has 2 saturated carbocycles. The van der Waals surface area contributed by atoms with Crippen LogP contribution in [0, 0.1) is 17.8 Å². The number of carbonyl (C=O) groups excluding carboxylic acids is 1. The van der Waals surface area contributed by atoms with E-state index in [1.807, 2.05) is 19.1 Å². The Kier molecular flexibility index (Phi) is 3.87. The van der Waals surface area contributed by atoms with Gasteiger partial charge in [0.1, 0.15) is 6.04 Å². The summed E-state index contributed by atoms with van der Waals surface area (Å²) in [6.07, 6.45) is 4.69. The Morgan fingerprint density at radius 1 is 1.29 bits per heavy atom. The van der Waals surface area contributed by atoms with Crippen LogP contribution in [0.4, 0.5) is 0 Å². The molecular formula is C19H23N3O2. The minimum atomic E-state index is -0.255. The number of nitrogens with zero attached hydrogens (tertiary/aromatic N) is 2. The van der Waals surface area contributed by atoms with Crippen molar-refractivity contribution >= 4 is 5.91 Å². The standard InChI is InChI=1S/C19H23N3O2/c1-3-12-7-9-13(10-8-12)17-21-19(24-22-17)11(2)20-18(23)16-14-5-4-6-15(14)16/h7-11,14-16H,3-6H2,1-2H3,(H,20,23)/t11-,14-,15-/m0/s1. The summed E-state index contributed by atoms with van der Waals surface area (Å²) < 4.78 is 5.36. The van der Waals surface area contributed by atoms with E-state index in [9.17, 15) is 4.79 Å². The van der Waals surface area contributed by atoms with Gasteiger partial charge in [-0.3, -0.25) is 4.79 Å². The van der Waals surface area contributed by atoms with E-state index in [1.165, 1.54) is 24.8 Å². The number of carbonyl (C=O) groups is 1. The summed E-state index contributed by atoms with van der Waals surface area (Å²) in [7, 11) is 0. The smallest absolute Gasteiger partial charge is 0.249 e. The first-order valence-electron chi connectivity index (χ1n) is 8.90. The minimum absolute atomic E-state index is 0.143. The van der Waals surface area contributed by atoms with Gasteiger partial charge in [0.05, 0.1) is 0 Å². The highest BCUT2D eigenvalue weighted by molar-refractivity contribution is 5.82. The Labute approximate surface area is 141 Å². The molecule has 1 heterocycles. The number of aryl methyl sites for hydroxylation is 1. The zero-order valence-corrected chi connectivity index (χ0v) is 14.2. The molecule has 2 aliphatic carbocycles. The third-order valence-electron chi connectivity index (χ3n) is 5.50. The van der Waals surface area contributed by atoms with Gasteiger partial charge in [-0.1, -0.05) is 42.8 Å². The molecule has 0 saturated heterocycles. The van der Waals surface area contributed by atoms with Gasteiger partial charge in [-0.15, -0.1) is 0 Å². The maximum absolute atomic E-state index is 12.3. The first-order valence-corrected chi connectivity index (χ1v) is 8.90. The second-order valence-corrected chi connectivity index (χ2v) is 7.02. The molecular weight excluding hydrogens is 302 g/mol. The van der Waals surface area contributed by atoms with E-state index >= 15 is 0 Å². The van der Waals surface area contributed by atoms with E-state index in [0.29, 0.717) is 23.6 Å². The minimum Gasteiger partial charge on any atom is -0.344 e. The van der Waals surface area contributed by atoms with Crippen LogP contribution < -0.4 is 5.32 Å². The van der Waals surface area contributed by atoms with Crippen molar-refractivity contribution in [3.05, 3.63) is 35.7 Å². The Hall–Kier alpha value is -2.17. The first kappa shape index (κ1) is 15.4. The summed E-state index contributed by atoms with van der Waals surface area (Å²) in [5, 5.41) is 7.09. The summed E-state index contributed by atoms with van der Waals surface area (Å²) in [4.78, 5) is 16.8. The third-order valence-corrected chi connectivity index (χ3v) is 5.50. The van der Waals surface area contributed by atoms with Gasteiger partial charge in [-0.2, -0.15) is 4.98 Å². The fraction of sp³-hybridized carbons (Fsp3) is 0.526. The molecule has 5 nitrogen and oxygen atoms in total. The van der Waals surface area contributed by atoms with Crippen molar-refractivity contribution in [3.63, 3.8) is 0 Å². The fourth-order valence-corrected chi connectivity index (χ4v) is 4.00. The van der Waals surface area contributed by atoms with Crippen LogP contribution >= 0.6 is 0 Å². The summed E-state index contributed by atoms with van der Waals surface area (Å²) in [6.45, 7) is 4.02. The second-order valence-electron chi connectivity index (χ2n) is 7.02. The molecule has 2 aliphatic rings. The molecule has 0 radical (unpaired) electrons. The molecule has 4 rings (SSSR count). The van der Waals surface area contributed by atoms with Gasteiger partial charge in [-0.25, -0.2) is 0 Å². The Morgan fingerprint density at radius 3 is 2.67 bits per heavy atom. The number of amides is 1. The maximum atomic E-state index is 12.3. The highest BCUT2D eigenvalue weighted by Gasteiger charge is 2.56. The molecule has 126 valence electrons. The molecule has 3 atom stereocenters. The van der Waals surface area contributed by atoms with Gasteiger partial charge in [0, 0.05) is 11.5 Å². The van der Waals surface area contributed by atoms with E-state index in [1.54, 1.807) is 0 Å². The van der Waals surface area contributed by atoms with E-state index in [0.717, 1.165) is 12.0 Å². The van der Waals surface area contributed by atoms with Crippen LogP contribution in [0.5, 0.6) is 0 Å². The predicted octanol–water partition coefficient (Wildman–Crippen LogP) is 3.52. The van der Waals surface area contributed by atoms with Gasteiger partial charge >= 0.3 is 0 Å². The SMILES string of the molecule is CCc1ccc(-c2noc([C@H](C)NC(=O)C3[C@H]4CCC[C@H]34)n2)cc1. The average Bonchev–Trinajstić information content (AvgIpc) is 3.00. The topological polar surface area (TPSA) is 68.0 Å². The Bertz CT molecular complexity index is 727. The third kappa shape index (κ3) is 2.72. The number of fused-ring (bicyclic) bond motifs is 1. The molecule has 2 fully saturated rings. The monoisotopic (exact) mass is 325 g/mol. The van der Waals surface area contributed by atoms with E-state index in [-0.39, 0.29) is 17.9 Å². The number of hydrogen-bond donors (Lipinski definition) is 1. The van der Waals surface area contributed by atoms with Gasteiger partial charge in [-0.05, 0) is 43.6 Å². The van der Waals surface area contributed by atoms with Crippen LogP contribution in [-0.2, 0) is 11.2 Å². The molecule has 5 heteroatoms. The lowest BCUT2D eigenvalue weighted by Gasteiger charge is -2.10. The Balaban J connectivity index is 1.41. The van der Waals surface area contributed by atoms with Gasteiger partial charge in [0.2, 0.25) is 17.6 Å². The Morgan fingerprint density at radius 2 is 2.00 bits per heavy atom. The molecule has 1 amide bonds. The molecule has 0 aliphatic heterocycles. The molecule has 2 aromatic rings. The lowest BCUT2D eigenvalue weighted by atomic mass is 10.1. The average molecular weight is 325 g/mol. The molecule has 0 unspecified atom stereocenters. The van der Waals surface area contributed by atoms with Crippen molar-refractivity contribution < 1.29 is 9.32 Å². The predicted molar refractivity (Wildman–Crippen MR) is 90.0 cm³/mol. The number of nitrogens with one attached hydrogen (secondary N) is 1. The summed E-state index contributed by atoms with van der Waals surface area (Å²) in [6, 6.07) is 7.89. The lowest BCUT2D eigenvalue weighted by molar-refractivity contribution is -0.123. The molecule has 0 bridgehead atoms. The van der Waals surface area contributed by atoms with Crippen molar-refractivity contribution in [1.82, 2.24) is 15.5 Å². The maximum Gasteiger partial charge on any atom is 0.249 e. The molecule has 1 N–H and O–H groups in total. The number of hydrogen-bond acceptors (Lipinski definition) is 4. The highest BCUT2D eigenvalue weighted by atomic mass is 16.5. The van der Waals surface area contributed by atoms with Crippen molar-refractivity contribution in [3.8, 4) is 11.4 Å². The molecule has 1 aromatic heterocycles. The fourth-order valence-electron chi connectivity index (χ4n) is 4.00. The largest absolute Gasteiger partial charge is 0.344 e. The van der Waals surface area contributed by atoms with Crippen LogP contribution in [-0.4, -0.2) is 16.0 Å². The summed E-state index contributed by atoms with van der Waals surface area (Å²) in [5.74, 6) is 2.62. The number of rotatable bonds is 5. The number of benzene rings is 1. The van der Waals surface area contributed by atoms with Crippen LogP contribution in [0.25, 0.3) is 11.4 Å². The number of aromatic nitrogens is 2. The lowest BCUT2D eigenvalue weighted by Crippen LogP contribution is -2.29. The quantitative estimate of drug-likeness (QED) is 0.913. The van der Waals surface area contributed by atoms with Gasteiger partial charge < -0.3 is 9.84 Å². The zero-order valence-electron chi connectivity index (χ0n) is 14.2. The van der Waals surface area contributed by atoms with Crippen LogP contribution in [0.1, 0.15) is 50.6 Å². The highest BCUT2D eigenvalue weighted by Crippen LogP contribution is 2.57. The van der Waals surface area contributed by atoms with E-state index in [4.69, 9.17) is 4.52 Å². The molecule has 0 spiro atoms. The van der Waals surface area contributed by atoms with Crippen LogP contribution in [0.15, 0.2) is 28.8 Å². The zero-order chi connectivity index (χ0) is 16.7. The summed E-state index contributed by atoms with van der Waals surface area (Å²) >= 11 is 0. The van der Waals surface area contributed by atoms with Crippen LogP contribution in [0.3, 0.4) is 0 Å². The molecule has 1 aromatic carbocycles. The normalized spacial score (nSPS) is 26.0. The van der Waals surface area contributed by atoms with Crippen molar-refractivity contribution in [2.75, 3.05) is 0 Å². The summed E-state index contributed by atoms with van der Waals surface area (Å²) in [5.41, 5.74) is 2.20. The van der Waals surface area contributed by atoms with Crippen molar-refractivity contribution in [2.24, 2.45) is 17.8 Å². The van der Waals surface area contributed by atoms with Gasteiger partial charge in [0.25, 0.3) is 0 Å². The molecule has 24 heavy (non-hydrogen) atoms. The second kappa shape index (κ2) is 6.04. The van der Waals surface area contributed by atoms with E-state index in [2.05, 4.69) is 34.5 Å². The van der Waals surface area contributed by atoms with Crippen LogP contribution in [0.2, 0.25) is 0 Å². The van der Waals surface area contributed by atoms with Crippen molar-refractivity contribution in [1.29, 1.82) is 0 Å². The van der Waals surface area contributed by atoms with Crippen molar-refractivity contribution in [2.45, 2.75) is 45.6 Å².